The van der Waals surface area contributed by atoms with Crippen LogP contribution in [-0.2, 0) is 6.18 Å². The number of benzene rings is 2. The molecule has 0 bridgehead atoms. The van der Waals surface area contributed by atoms with Gasteiger partial charge >= 0.3 is 6.18 Å². The van der Waals surface area contributed by atoms with E-state index in [4.69, 9.17) is 4.84 Å². The van der Waals surface area contributed by atoms with Gasteiger partial charge in [-0.15, -0.1) is 0 Å². The molecule has 0 spiro atoms. The minimum absolute atomic E-state index is 0.112. The van der Waals surface area contributed by atoms with Gasteiger partial charge in [-0.25, -0.2) is 0 Å². The number of hydrogen-bond acceptors (Lipinski definition) is 5. The molecule has 38 heavy (non-hydrogen) atoms. The molecule has 1 saturated heterocycles. The van der Waals surface area contributed by atoms with Gasteiger partial charge in [0, 0.05) is 25.0 Å². The SMILES string of the molecule is CC1=C(N[C@@H]2CCCN(CC(C)(C)O)C2)N(Oc2cccc(C(F)(F)F)c2)C(C)C(C)C1c1ccccc1. The van der Waals surface area contributed by atoms with Crippen LogP contribution in [0.25, 0.3) is 0 Å². The average Bonchev–Trinajstić information content (AvgIpc) is 2.84. The maximum absolute atomic E-state index is 13.4. The summed E-state index contributed by atoms with van der Waals surface area (Å²) in [5.74, 6) is 1.23. The van der Waals surface area contributed by atoms with E-state index in [1.807, 2.05) is 32.0 Å². The monoisotopic (exact) mass is 531 g/mol. The van der Waals surface area contributed by atoms with Gasteiger partial charge in [-0.1, -0.05) is 43.3 Å². The zero-order valence-electron chi connectivity index (χ0n) is 22.9. The van der Waals surface area contributed by atoms with Gasteiger partial charge < -0.3 is 15.3 Å². The van der Waals surface area contributed by atoms with E-state index in [1.54, 1.807) is 11.1 Å². The van der Waals surface area contributed by atoms with Gasteiger partial charge in [-0.3, -0.25) is 4.90 Å². The molecule has 0 saturated carbocycles. The summed E-state index contributed by atoms with van der Waals surface area (Å²) in [6.07, 6.45) is -2.50. The molecule has 4 rings (SSSR count). The number of likely N-dealkylation sites (tertiary alicyclic amines) is 1. The first kappa shape index (κ1) is 28.3. The summed E-state index contributed by atoms with van der Waals surface area (Å²) in [6.45, 7) is 12.2. The molecular weight excluding hydrogens is 491 g/mol. The average molecular weight is 532 g/mol. The lowest BCUT2D eigenvalue weighted by atomic mass is 9.76. The standard InChI is InChI=1S/C30H40F3N3O2/c1-20-22(3)36(38-26-15-9-13-24(17-26)30(31,32)33)28(21(2)27(20)23-11-7-6-8-12-23)34-25-14-10-16-35(18-25)19-29(4,5)37/h6-9,11-13,15,17,20,22,25,27,34,37H,10,14,16,18-19H2,1-5H3/t20?,22?,25-,27?/m1/s1. The summed E-state index contributed by atoms with van der Waals surface area (Å²) in [4.78, 5) is 8.51. The van der Waals surface area contributed by atoms with Gasteiger partial charge in [0.15, 0.2) is 5.75 Å². The van der Waals surface area contributed by atoms with Crippen LogP contribution >= 0.6 is 0 Å². The summed E-state index contributed by atoms with van der Waals surface area (Å²) < 4.78 is 40.2. The molecular formula is C30H40F3N3O2. The fourth-order valence-corrected chi connectivity index (χ4v) is 5.83. The number of β-amino-alcohol motifs (C(OH)–C–C–N with tert-alkyl or cyclic N) is 1. The van der Waals surface area contributed by atoms with E-state index < -0.39 is 17.3 Å². The Kier molecular flexibility index (Phi) is 8.33. The topological polar surface area (TPSA) is 48.0 Å². The van der Waals surface area contributed by atoms with Crippen molar-refractivity contribution in [1.82, 2.24) is 15.3 Å². The highest BCUT2D eigenvalue weighted by atomic mass is 19.4. The Labute approximate surface area is 224 Å². The van der Waals surface area contributed by atoms with Crippen LogP contribution in [0.15, 0.2) is 66.0 Å². The number of hydrogen-bond donors (Lipinski definition) is 2. The van der Waals surface area contributed by atoms with Crippen molar-refractivity contribution in [2.45, 2.75) is 77.2 Å². The van der Waals surface area contributed by atoms with Crippen LogP contribution in [0, 0.1) is 5.92 Å². The lowest BCUT2D eigenvalue weighted by molar-refractivity contribution is -0.138. The van der Waals surface area contributed by atoms with Gasteiger partial charge in [0.25, 0.3) is 0 Å². The third-order valence-corrected chi connectivity index (χ3v) is 7.70. The van der Waals surface area contributed by atoms with Crippen LogP contribution in [0.1, 0.15) is 64.5 Å². The van der Waals surface area contributed by atoms with E-state index in [0.717, 1.165) is 49.5 Å². The second kappa shape index (κ2) is 11.2. The van der Waals surface area contributed by atoms with E-state index in [0.29, 0.717) is 6.54 Å². The molecule has 3 unspecified atom stereocenters. The first-order chi connectivity index (χ1) is 17.8. The van der Waals surface area contributed by atoms with Gasteiger partial charge in [-0.05, 0) is 82.3 Å². The maximum atomic E-state index is 13.4. The third-order valence-electron chi connectivity index (χ3n) is 7.70. The van der Waals surface area contributed by atoms with Crippen molar-refractivity contribution in [3.05, 3.63) is 77.1 Å². The molecule has 1 fully saturated rings. The highest BCUT2D eigenvalue weighted by Crippen LogP contribution is 2.42. The van der Waals surface area contributed by atoms with E-state index in [1.165, 1.54) is 11.6 Å². The molecule has 2 heterocycles. The largest absolute Gasteiger partial charge is 0.416 e. The quantitative estimate of drug-likeness (QED) is 0.447. The highest BCUT2D eigenvalue weighted by Gasteiger charge is 2.40. The van der Waals surface area contributed by atoms with Gasteiger partial charge in [0.2, 0.25) is 0 Å². The Morgan fingerprint density at radius 1 is 1.05 bits per heavy atom. The Bertz CT molecular complexity index is 1110. The number of allylic oxidation sites excluding steroid dienone is 1. The molecule has 0 aliphatic carbocycles. The van der Waals surface area contributed by atoms with E-state index >= 15 is 0 Å². The van der Waals surface area contributed by atoms with Crippen LogP contribution in [0.2, 0.25) is 0 Å². The van der Waals surface area contributed by atoms with Crippen LogP contribution in [0.4, 0.5) is 13.2 Å². The predicted molar refractivity (Wildman–Crippen MR) is 143 cm³/mol. The van der Waals surface area contributed by atoms with Crippen LogP contribution in [-0.4, -0.2) is 52.4 Å². The van der Waals surface area contributed by atoms with Crippen molar-refractivity contribution >= 4 is 0 Å². The summed E-state index contributed by atoms with van der Waals surface area (Å²) in [5.41, 5.74) is 0.769. The summed E-state index contributed by atoms with van der Waals surface area (Å²) in [5, 5.41) is 15.8. The maximum Gasteiger partial charge on any atom is 0.416 e. The third kappa shape index (κ3) is 6.64. The molecule has 8 heteroatoms. The van der Waals surface area contributed by atoms with Crippen molar-refractivity contribution in [1.29, 1.82) is 0 Å². The molecule has 0 radical (unpaired) electrons. The zero-order chi connectivity index (χ0) is 27.7. The van der Waals surface area contributed by atoms with Crippen molar-refractivity contribution in [2.24, 2.45) is 5.92 Å². The van der Waals surface area contributed by atoms with Gasteiger partial charge in [0.1, 0.15) is 5.82 Å². The molecule has 2 aliphatic rings. The number of hydroxylamine groups is 2. The second-order valence-corrected chi connectivity index (χ2v) is 11.5. The second-order valence-electron chi connectivity index (χ2n) is 11.5. The van der Waals surface area contributed by atoms with Crippen LogP contribution < -0.4 is 10.2 Å². The summed E-state index contributed by atoms with van der Waals surface area (Å²) in [6, 6.07) is 15.4. The highest BCUT2D eigenvalue weighted by molar-refractivity contribution is 5.35. The van der Waals surface area contributed by atoms with Crippen molar-refractivity contribution in [3.63, 3.8) is 0 Å². The van der Waals surface area contributed by atoms with Crippen molar-refractivity contribution in [2.75, 3.05) is 19.6 Å². The predicted octanol–water partition coefficient (Wildman–Crippen LogP) is 6.18. The molecule has 2 aromatic rings. The Morgan fingerprint density at radius 2 is 1.76 bits per heavy atom. The minimum Gasteiger partial charge on any atom is -0.389 e. The molecule has 5 nitrogen and oxygen atoms in total. The molecule has 208 valence electrons. The smallest absolute Gasteiger partial charge is 0.389 e. The molecule has 0 amide bonds. The zero-order valence-corrected chi connectivity index (χ0v) is 22.9. The fourth-order valence-electron chi connectivity index (χ4n) is 5.83. The fraction of sp³-hybridized carbons (Fsp3) is 0.533. The Morgan fingerprint density at radius 3 is 2.42 bits per heavy atom. The van der Waals surface area contributed by atoms with Gasteiger partial charge in [-0.2, -0.15) is 18.2 Å². The van der Waals surface area contributed by atoms with E-state index in [9.17, 15) is 18.3 Å². The molecule has 0 aromatic heterocycles. The van der Waals surface area contributed by atoms with Crippen molar-refractivity contribution in [3.8, 4) is 5.75 Å². The minimum atomic E-state index is -4.45. The number of alkyl halides is 3. The van der Waals surface area contributed by atoms with Gasteiger partial charge in [0.05, 0.1) is 17.2 Å². The normalized spacial score (nSPS) is 25.4. The summed E-state index contributed by atoms with van der Waals surface area (Å²) in [7, 11) is 0. The number of rotatable bonds is 7. The molecule has 2 aliphatic heterocycles. The molecule has 2 N–H and O–H groups in total. The van der Waals surface area contributed by atoms with Crippen molar-refractivity contribution < 1.29 is 23.1 Å². The number of nitrogens with one attached hydrogen (secondary N) is 1. The first-order valence-electron chi connectivity index (χ1n) is 13.4. The lowest BCUT2D eigenvalue weighted by Crippen LogP contribution is -2.55. The number of halogens is 3. The molecule has 2 aromatic carbocycles. The number of aliphatic hydroxyl groups is 1. The van der Waals surface area contributed by atoms with E-state index in [-0.39, 0.29) is 29.7 Å². The number of piperidine rings is 1. The Balaban J connectivity index is 1.68. The first-order valence-corrected chi connectivity index (χ1v) is 13.4. The lowest BCUT2D eigenvalue weighted by Gasteiger charge is -2.46. The summed E-state index contributed by atoms with van der Waals surface area (Å²) >= 11 is 0. The van der Waals surface area contributed by atoms with Crippen LogP contribution in [0.5, 0.6) is 5.75 Å². The van der Waals surface area contributed by atoms with E-state index in [2.05, 4.69) is 43.1 Å². The van der Waals surface area contributed by atoms with Crippen LogP contribution in [0.3, 0.4) is 0 Å². The Hall–Kier alpha value is -2.71. The number of nitrogens with zero attached hydrogens (tertiary/aromatic N) is 2. The molecule has 4 atom stereocenters.